The molecular formula is C40H54N2O3. The van der Waals surface area contributed by atoms with Crippen molar-refractivity contribution in [2.24, 2.45) is 17.8 Å². The van der Waals surface area contributed by atoms with Gasteiger partial charge in [-0.15, -0.1) is 0 Å². The number of hydrogen-bond donors (Lipinski definition) is 0. The predicted octanol–water partition coefficient (Wildman–Crippen LogP) is 8.59. The highest BCUT2D eigenvalue weighted by atomic mass is 16.5. The summed E-state index contributed by atoms with van der Waals surface area (Å²) < 4.78 is 5.52. The van der Waals surface area contributed by atoms with Crippen LogP contribution in [0.5, 0.6) is 0 Å². The van der Waals surface area contributed by atoms with Gasteiger partial charge in [0.2, 0.25) is 0 Å². The van der Waals surface area contributed by atoms with Gasteiger partial charge >= 0.3 is 0 Å². The molecule has 5 nitrogen and oxygen atoms in total. The van der Waals surface area contributed by atoms with Crippen LogP contribution >= 0.6 is 0 Å². The molecule has 2 aromatic rings. The number of hydrogen-bond acceptors (Lipinski definition) is 5. The summed E-state index contributed by atoms with van der Waals surface area (Å²) in [6.07, 6.45) is 11.0. The zero-order chi connectivity index (χ0) is 32.1. The SMILES string of the molecule is CC1=CC(=O)C(CCC(=O)c2cc(-c3ccc(CN4CCOCC4)cc3)cc(N(C)C3CCC(CC(C)C)CC3)c2C)C(C)=C1. The Morgan fingerprint density at radius 2 is 1.64 bits per heavy atom. The summed E-state index contributed by atoms with van der Waals surface area (Å²) in [5.41, 5.74) is 8.56. The summed E-state index contributed by atoms with van der Waals surface area (Å²) in [6.45, 7) is 15.2. The number of anilines is 1. The summed E-state index contributed by atoms with van der Waals surface area (Å²) in [7, 11) is 2.22. The molecule has 2 aliphatic carbocycles. The molecule has 1 saturated carbocycles. The maximum Gasteiger partial charge on any atom is 0.163 e. The normalized spacial score (nSPS) is 22.7. The first-order valence-electron chi connectivity index (χ1n) is 17.3. The zero-order valence-electron chi connectivity index (χ0n) is 28.5. The van der Waals surface area contributed by atoms with Crippen molar-refractivity contribution >= 4 is 17.3 Å². The van der Waals surface area contributed by atoms with E-state index in [0.717, 1.165) is 83.8 Å². The standard InChI is InChI=1S/C40H54N2O3/c1-27(2)21-31-9-13-35(14-10-31)41(6)38-25-34(33-11-7-32(8-12-33)26-42-17-19-45-20-18-42)24-37(30(38)5)39(43)16-15-36-29(4)22-28(3)23-40(36)44/h7-8,11-12,22-25,27,31,35-36H,9-10,13-21,26H2,1-6H3. The Bertz CT molecular complexity index is 1410. The molecule has 2 fully saturated rings. The van der Waals surface area contributed by atoms with Gasteiger partial charge < -0.3 is 9.64 Å². The maximum atomic E-state index is 14.0. The van der Waals surface area contributed by atoms with E-state index in [9.17, 15) is 9.59 Å². The zero-order valence-corrected chi connectivity index (χ0v) is 28.5. The number of Topliss-reactive ketones (excluding diaryl/α,β-unsaturated/α-hetero) is 1. The van der Waals surface area contributed by atoms with E-state index in [1.54, 1.807) is 6.08 Å². The lowest BCUT2D eigenvalue weighted by molar-refractivity contribution is -0.117. The summed E-state index contributed by atoms with van der Waals surface area (Å²) in [4.78, 5) is 31.6. The van der Waals surface area contributed by atoms with Gasteiger partial charge in [0.25, 0.3) is 0 Å². The van der Waals surface area contributed by atoms with Crippen LogP contribution in [0.3, 0.4) is 0 Å². The molecule has 5 rings (SSSR count). The fourth-order valence-corrected chi connectivity index (χ4v) is 7.80. The minimum atomic E-state index is -0.205. The van der Waals surface area contributed by atoms with E-state index < -0.39 is 0 Å². The van der Waals surface area contributed by atoms with Gasteiger partial charge in [0.1, 0.15) is 0 Å². The Labute approximate surface area is 271 Å². The average molecular weight is 611 g/mol. The lowest BCUT2D eigenvalue weighted by Crippen LogP contribution is -2.36. The van der Waals surface area contributed by atoms with Gasteiger partial charge in [0.05, 0.1) is 13.2 Å². The average Bonchev–Trinajstić information content (AvgIpc) is 3.01. The van der Waals surface area contributed by atoms with Crippen LogP contribution in [0.25, 0.3) is 11.1 Å². The number of rotatable bonds is 11. The number of ether oxygens (including phenoxy) is 1. The minimum absolute atomic E-state index is 0.122. The highest BCUT2D eigenvalue weighted by molar-refractivity contribution is 6.01. The van der Waals surface area contributed by atoms with E-state index in [4.69, 9.17) is 4.74 Å². The largest absolute Gasteiger partial charge is 0.379 e. The first-order valence-corrected chi connectivity index (χ1v) is 17.3. The van der Waals surface area contributed by atoms with Gasteiger partial charge in [-0.2, -0.15) is 0 Å². The van der Waals surface area contributed by atoms with Crippen molar-refractivity contribution in [3.8, 4) is 11.1 Å². The molecule has 0 N–H and O–H groups in total. The van der Waals surface area contributed by atoms with E-state index in [2.05, 4.69) is 80.1 Å². The van der Waals surface area contributed by atoms with Gasteiger partial charge in [-0.05, 0) is 117 Å². The van der Waals surface area contributed by atoms with E-state index in [1.807, 2.05) is 13.8 Å². The lowest BCUT2D eigenvalue weighted by Gasteiger charge is -2.37. The number of carbonyl (C=O) groups is 2. The van der Waals surface area contributed by atoms with E-state index in [-0.39, 0.29) is 17.5 Å². The number of allylic oxidation sites excluding steroid dienone is 4. The smallest absolute Gasteiger partial charge is 0.163 e. The van der Waals surface area contributed by atoms with Crippen LogP contribution in [-0.4, -0.2) is 55.9 Å². The van der Waals surface area contributed by atoms with E-state index in [0.29, 0.717) is 18.9 Å². The second kappa shape index (κ2) is 15.0. The highest BCUT2D eigenvalue weighted by Gasteiger charge is 2.28. The second-order valence-electron chi connectivity index (χ2n) is 14.4. The van der Waals surface area contributed by atoms with Crippen LogP contribution in [0, 0.1) is 24.7 Å². The third-order valence-electron chi connectivity index (χ3n) is 10.4. The van der Waals surface area contributed by atoms with Crippen LogP contribution < -0.4 is 4.90 Å². The predicted molar refractivity (Wildman–Crippen MR) is 186 cm³/mol. The third-order valence-corrected chi connectivity index (χ3v) is 10.4. The fraction of sp³-hybridized carbons (Fsp3) is 0.550. The second-order valence-corrected chi connectivity index (χ2v) is 14.4. The molecule has 45 heavy (non-hydrogen) atoms. The van der Waals surface area contributed by atoms with Gasteiger partial charge in [-0.25, -0.2) is 0 Å². The van der Waals surface area contributed by atoms with Crippen LogP contribution in [0.1, 0.15) is 94.1 Å². The number of benzene rings is 2. The van der Waals surface area contributed by atoms with Crippen molar-refractivity contribution in [3.63, 3.8) is 0 Å². The molecule has 0 bridgehead atoms. The van der Waals surface area contributed by atoms with Gasteiger partial charge in [0.15, 0.2) is 11.6 Å². The highest BCUT2D eigenvalue weighted by Crippen LogP contribution is 2.37. The monoisotopic (exact) mass is 610 g/mol. The van der Waals surface area contributed by atoms with Crippen LogP contribution in [-0.2, 0) is 16.1 Å². The lowest BCUT2D eigenvalue weighted by atomic mass is 9.80. The van der Waals surface area contributed by atoms with Crippen molar-refractivity contribution in [2.45, 2.75) is 92.2 Å². The Morgan fingerprint density at radius 3 is 2.29 bits per heavy atom. The molecule has 0 radical (unpaired) electrons. The van der Waals surface area contributed by atoms with Crippen molar-refractivity contribution < 1.29 is 14.3 Å². The maximum absolute atomic E-state index is 14.0. The van der Waals surface area contributed by atoms with Crippen LogP contribution in [0.15, 0.2) is 59.7 Å². The Balaban J connectivity index is 1.39. The number of nitrogens with zero attached hydrogens (tertiary/aromatic N) is 2. The Hall–Kier alpha value is -3.02. The summed E-state index contributed by atoms with van der Waals surface area (Å²) in [5.74, 6) is 1.62. The summed E-state index contributed by atoms with van der Waals surface area (Å²) >= 11 is 0. The Morgan fingerprint density at radius 1 is 0.956 bits per heavy atom. The van der Waals surface area contributed by atoms with Crippen molar-refractivity contribution in [1.29, 1.82) is 0 Å². The number of carbonyl (C=O) groups excluding carboxylic acids is 2. The fourth-order valence-electron chi connectivity index (χ4n) is 7.80. The molecule has 0 spiro atoms. The minimum Gasteiger partial charge on any atom is -0.379 e. The molecule has 1 saturated heterocycles. The first kappa shape index (κ1) is 33.3. The van der Waals surface area contributed by atoms with Crippen molar-refractivity contribution in [1.82, 2.24) is 4.90 Å². The molecule has 2 aromatic carbocycles. The van der Waals surface area contributed by atoms with E-state index in [1.165, 1.54) is 37.7 Å². The molecule has 5 heteroatoms. The first-order chi connectivity index (χ1) is 21.6. The molecule has 242 valence electrons. The topological polar surface area (TPSA) is 49.9 Å². The molecule has 1 aliphatic heterocycles. The quantitative estimate of drug-likeness (QED) is 0.239. The van der Waals surface area contributed by atoms with Crippen LogP contribution in [0.2, 0.25) is 0 Å². The Kier molecular flexibility index (Phi) is 11.1. The molecule has 1 unspecified atom stereocenters. The molecule has 1 atom stereocenters. The molecule has 0 aromatic heterocycles. The summed E-state index contributed by atoms with van der Waals surface area (Å²) in [5, 5.41) is 0. The van der Waals surface area contributed by atoms with Gasteiger partial charge in [0, 0.05) is 56.3 Å². The molecule has 1 heterocycles. The van der Waals surface area contributed by atoms with Crippen molar-refractivity contribution in [2.75, 3.05) is 38.3 Å². The van der Waals surface area contributed by atoms with Gasteiger partial charge in [-0.1, -0.05) is 49.8 Å². The van der Waals surface area contributed by atoms with Gasteiger partial charge in [-0.3, -0.25) is 14.5 Å². The third kappa shape index (κ3) is 8.42. The molecule has 0 amide bonds. The van der Waals surface area contributed by atoms with Crippen molar-refractivity contribution in [3.05, 3.63) is 76.4 Å². The number of morpholine rings is 1. The number of ketones is 2. The summed E-state index contributed by atoms with van der Waals surface area (Å²) in [6, 6.07) is 13.7. The van der Waals surface area contributed by atoms with Crippen LogP contribution in [0.4, 0.5) is 5.69 Å². The molecule has 3 aliphatic rings. The van der Waals surface area contributed by atoms with E-state index >= 15 is 0 Å². The molecular weight excluding hydrogens is 556 g/mol.